The number of amides is 1. The molecule has 1 aliphatic heterocycles. The molecule has 23 heavy (non-hydrogen) atoms. The third kappa shape index (κ3) is 5.36. The minimum atomic E-state index is -0.929. The van der Waals surface area contributed by atoms with Crippen LogP contribution in [-0.4, -0.2) is 48.2 Å². The maximum absolute atomic E-state index is 12.4. The number of ether oxygens (including phenoxy) is 1. The lowest BCUT2D eigenvalue weighted by molar-refractivity contribution is -0.133. The number of benzene rings is 1. The van der Waals surface area contributed by atoms with Gasteiger partial charge in [-0.15, -0.1) is 0 Å². The highest BCUT2D eigenvalue weighted by atomic mass is 16.5. The van der Waals surface area contributed by atoms with Gasteiger partial charge in [0.25, 0.3) is 0 Å². The summed E-state index contributed by atoms with van der Waals surface area (Å²) in [5.41, 5.74) is 1.26. The summed E-state index contributed by atoms with van der Waals surface area (Å²) in [4.78, 5) is 25.1. The fourth-order valence-electron chi connectivity index (χ4n) is 2.94. The van der Waals surface area contributed by atoms with Gasteiger partial charge in [0, 0.05) is 26.1 Å². The summed E-state index contributed by atoms with van der Waals surface area (Å²) in [5, 5.41) is 8.88. The summed E-state index contributed by atoms with van der Waals surface area (Å²) < 4.78 is 5.47. The maximum atomic E-state index is 12.4. The summed E-state index contributed by atoms with van der Waals surface area (Å²) >= 11 is 0. The van der Waals surface area contributed by atoms with Gasteiger partial charge in [-0.05, 0) is 49.8 Å². The zero-order valence-electron chi connectivity index (χ0n) is 13.7. The summed E-state index contributed by atoms with van der Waals surface area (Å²) in [5.74, 6) is -0.308. The zero-order chi connectivity index (χ0) is 16.7. The Balaban J connectivity index is 1.80. The molecule has 1 amide bonds. The Kier molecular flexibility index (Phi) is 6.59. The number of carbonyl (C=O) groups is 2. The molecular weight excluding hydrogens is 294 g/mol. The third-order valence-electron chi connectivity index (χ3n) is 4.26. The van der Waals surface area contributed by atoms with Crippen molar-refractivity contribution in [3.63, 3.8) is 0 Å². The summed E-state index contributed by atoms with van der Waals surface area (Å²) in [6.07, 6.45) is 3.27. The quantitative estimate of drug-likeness (QED) is 0.839. The number of carboxylic acids is 1. The molecule has 1 fully saturated rings. The second kappa shape index (κ2) is 8.67. The van der Waals surface area contributed by atoms with Crippen molar-refractivity contribution >= 4 is 11.9 Å². The van der Waals surface area contributed by atoms with Crippen LogP contribution in [0.5, 0.6) is 0 Å². The van der Waals surface area contributed by atoms with Crippen LogP contribution in [0.3, 0.4) is 0 Å². The minimum absolute atomic E-state index is 0.175. The molecule has 0 unspecified atom stereocenters. The van der Waals surface area contributed by atoms with Crippen LogP contribution in [0.25, 0.3) is 0 Å². The second-order valence-electron chi connectivity index (χ2n) is 6.01. The third-order valence-corrected chi connectivity index (χ3v) is 4.26. The van der Waals surface area contributed by atoms with Crippen molar-refractivity contribution in [3.8, 4) is 0 Å². The van der Waals surface area contributed by atoms with Gasteiger partial charge in [-0.3, -0.25) is 4.79 Å². The number of nitrogens with zero attached hydrogens (tertiary/aromatic N) is 1. The van der Waals surface area contributed by atoms with Crippen LogP contribution in [0.4, 0.5) is 0 Å². The average molecular weight is 319 g/mol. The molecule has 0 aromatic heterocycles. The van der Waals surface area contributed by atoms with Crippen molar-refractivity contribution in [2.75, 3.05) is 26.3 Å². The lowest BCUT2D eigenvalue weighted by Crippen LogP contribution is -2.41. The van der Waals surface area contributed by atoms with E-state index in [1.54, 1.807) is 24.3 Å². The van der Waals surface area contributed by atoms with Gasteiger partial charge in [-0.2, -0.15) is 0 Å². The Hall–Kier alpha value is -1.88. The first-order valence-electron chi connectivity index (χ1n) is 8.28. The highest BCUT2D eigenvalue weighted by molar-refractivity contribution is 5.87. The number of piperidine rings is 1. The Morgan fingerprint density at radius 1 is 1.30 bits per heavy atom. The molecule has 5 heteroatoms. The van der Waals surface area contributed by atoms with E-state index in [1.165, 1.54) is 0 Å². The van der Waals surface area contributed by atoms with Crippen LogP contribution in [0.15, 0.2) is 24.3 Å². The second-order valence-corrected chi connectivity index (χ2v) is 6.01. The molecule has 1 aliphatic rings. The average Bonchev–Trinajstić information content (AvgIpc) is 2.58. The topological polar surface area (TPSA) is 66.8 Å². The van der Waals surface area contributed by atoms with Gasteiger partial charge in [0.1, 0.15) is 0 Å². The van der Waals surface area contributed by atoms with E-state index in [0.29, 0.717) is 18.8 Å². The van der Waals surface area contributed by atoms with Crippen molar-refractivity contribution in [3.05, 3.63) is 35.4 Å². The monoisotopic (exact) mass is 319 g/mol. The van der Waals surface area contributed by atoms with E-state index in [-0.39, 0.29) is 11.5 Å². The standard InChI is InChI=1S/C18H25NO4/c1-2-23-13-15-4-3-11-19(12-15)17(20)10-7-14-5-8-16(9-6-14)18(21)22/h5-6,8-9,15H,2-4,7,10-13H2,1H3,(H,21,22)/t15-/m0/s1. The van der Waals surface area contributed by atoms with E-state index in [1.807, 2.05) is 11.8 Å². The molecule has 1 atom stereocenters. The first-order valence-corrected chi connectivity index (χ1v) is 8.28. The molecule has 1 aromatic carbocycles. The summed E-state index contributed by atoms with van der Waals surface area (Å²) in [6, 6.07) is 6.73. The summed E-state index contributed by atoms with van der Waals surface area (Å²) in [6.45, 7) is 5.06. The predicted molar refractivity (Wildman–Crippen MR) is 87.5 cm³/mol. The van der Waals surface area contributed by atoms with Gasteiger partial charge < -0.3 is 14.7 Å². The van der Waals surface area contributed by atoms with Crippen LogP contribution < -0.4 is 0 Å². The van der Waals surface area contributed by atoms with Crippen LogP contribution in [0.1, 0.15) is 42.1 Å². The molecule has 126 valence electrons. The fraction of sp³-hybridized carbons (Fsp3) is 0.556. The van der Waals surface area contributed by atoms with E-state index in [9.17, 15) is 9.59 Å². The Labute approximate surface area is 137 Å². The Morgan fingerprint density at radius 2 is 2.04 bits per heavy atom. The smallest absolute Gasteiger partial charge is 0.335 e. The molecule has 0 bridgehead atoms. The van der Waals surface area contributed by atoms with Gasteiger partial charge in [0.05, 0.1) is 12.2 Å². The molecule has 1 aromatic rings. The number of rotatable bonds is 7. The molecule has 0 saturated carbocycles. The molecule has 1 saturated heterocycles. The molecule has 1 N–H and O–H groups in total. The molecule has 1 heterocycles. The molecule has 5 nitrogen and oxygen atoms in total. The zero-order valence-corrected chi connectivity index (χ0v) is 13.7. The normalized spacial score (nSPS) is 18.0. The lowest BCUT2D eigenvalue weighted by Gasteiger charge is -2.32. The van der Waals surface area contributed by atoms with E-state index in [0.717, 1.165) is 44.7 Å². The number of carbonyl (C=O) groups excluding carboxylic acids is 1. The molecule has 0 aliphatic carbocycles. The molecule has 2 rings (SSSR count). The van der Waals surface area contributed by atoms with Gasteiger partial charge in [-0.1, -0.05) is 12.1 Å². The Bertz CT molecular complexity index is 526. The van der Waals surface area contributed by atoms with E-state index >= 15 is 0 Å². The SMILES string of the molecule is CCOC[C@H]1CCCN(C(=O)CCc2ccc(C(=O)O)cc2)C1. The number of hydrogen-bond donors (Lipinski definition) is 1. The number of aryl methyl sites for hydroxylation is 1. The van der Waals surface area contributed by atoms with Gasteiger partial charge in [-0.25, -0.2) is 4.79 Å². The number of hydrogen-bond acceptors (Lipinski definition) is 3. The van der Waals surface area contributed by atoms with Gasteiger partial charge in [0.15, 0.2) is 0 Å². The van der Waals surface area contributed by atoms with E-state index in [2.05, 4.69) is 0 Å². The summed E-state index contributed by atoms with van der Waals surface area (Å²) in [7, 11) is 0. The van der Waals surface area contributed by atoms with Crippen LogP contribution in [-0.2, 0) is 16.0 Å². The first kappa shape index (κ1) is 17.5. The van der Waals surface area contributed by atoms with E-state index in [4.69, 9.17) is 9.84 Å². The minimum Gasteiger partial charge on any atom is -0.478 e. The van der Waals surface area contributed by atoms with Crippen LogP contribution >= 0.6 is 0 Å². The van der Waals surface area contributed by atoms with Crippen molar-refractivity contribution < 1.29 is 19.4 Å². The molecule has 0 radical (unpaired) electrons. The molecule has 0 spiro atoms. The Morgan fingerprint density at radius 3 is 2.70 bits per heavy atom. The van der Waals surface area contributed by atoms with Crippen molar-refractivity contribution in [1.82, 2.24) is 4.90 Å². The van der Waals surface area contributed by atoms with Gasteiger partial charge in [0.2, 0.25) is 5.91 Å². The van der Waals surface area contributed by atoms with Gasteiger partial charge >= 0.3 is 5.97 Å². The number of aromatic carboxylic acids is 1. The highest BCUT2D eigenvalue weighted by Crippen LogP contribution is 2.18. The lowest BCUT2D eigenvalue weighted by atomic mass is 9.98. The van der Waals surface area contributed by atoms with Crippen molar-refractivity contribution in [2.24, 2.45) is 5.92 Å². The fourth-order valence-corrected chi connectivity index (χ4v) is 2.94. The number of carboxylic acid groups (broad SMARTS) is 1. The van der Waals surface area contributed by atoms with Crippen LogP contribution in [0, 0.1) is 5.92 Å². The predicted octanol–water partition coefficient (Wildman–Crippen LogP) is 2.59. The largest absolute Gasteiger partial charge is 0.478 e. The first-order chi connectivity index (χ1) is 11.1. The van der Waals surface area contributed by atoms with Crippen LogP contribution in [0.2, 0.25) is 0 Å². The maximum Gasteiger partial charge on any atom is 0.335 e. The van der Waals surface area contributed by atoms with Crippen molar-refractivity contribution in [1.29, 1.82) is 0 Å². The number of likely N-dealkylation sites (tertiary alicyclic amines) is 1. The van der Waals surface area contributed by atoms with E-state index < -0.39 is 5.97 Å². The molecular formula is C18H25NO4. The highest BCUT2D eigenvalue weighted by Gasteiger charge is 2.23. The van der Waals surface area contributed by atoms with Crippen molar-refractivity contribution in [2.45, 2.75) is 32.6 Å².